The first-order valence-electron chi connectivity index (χ1n) is 11.6. The summed E-state index contributed by atoms with van der Waals surface area (Å²) in [5.41, 5.74) is 11.0. The summed E-state index contributed by atoms with van der Waals surface area (Å²) in [5, 5.41) is 2.85. The van der Waals surface area contributed by atoms with Crippen LogP contribution in [0, 0.1) is 5.82 Å². The zero-order valence-electron chi connectivity index (χ0n) is 19.7. The molecule has 2 heterocycles. The fourth-order valence-electron chi connectivity index (χ4n) is 4.26. The molecule has 0 radical (unpaired) electrons. The number of anilines is 1. The molecule has 0 saturated heterocycles. The van der Waals surface area contributed by atoms with E-state index in [0.29, 0.717) is 33.5 Å². The highest BCUT2D eigenvalue weighted by Crippen LogP contribution is 2.28. The Hall–Kier alpha value is -4.69. The average Bonchev–Trinajstić information content (AvgIpc) is 3.29. The Bertz CT molecular complexity index is 1550. The van der Waals surface area contributed by atoms with Crippen molar-refractivity contribution in [2.24, 2.45) is 5.73 Å². The number of rotatable bonds is 7. The molecular weight excluding hydrogens is 473 g/mol. The summed E-state index contributed by atoms with van der Waals surface area (Å²) >= 11 is 0. The molecule has 184 valence electrons. The van der Waals surface area contributed by atoms with E-state index in [-0.39, 0.29) is 42.8 Å². The van der Waals surface area contributed by atoms with Crippen LogP contribution in [0.2, 0.25) is 0 Å². The SMILES string of the molecule is NCc1ccc(C(=O)Cc2ccncc2F)cc1-c1cccc(C(=O)Nc2ccc3c(c2)COC3=O)c1. The predicted octanol–water partition coefficient (Wildman–Crippen LogP) is 4.69. The highest BCUT2D eigenvalue weighted by atomic mass is 19.1. The first-order chi connectivity index (χ1) is 17.9. The minimum Gasteiger partial charge on any atom is -0.457 e. The van der Waals surface area contributed by atoms with Crippen molar-refractivity contribution in [3.8, 4) is 11.1 Å². The Labute approximate surface area is 212 Å². The van der Waals surface area contributed by atoms with E-state index < -0.39 is 5.82 Å². The number of pyridine rings is 1. The van der Waals surface area contributed by atoms with Gasteiger partial charge in [-0.2, -0.15) is 0 Å². The number of hydrogen-bond donors (Lipinski definition) is 2. The summed E-state index contributed by atoms with van der Waals surface area (Å²) < 4.78 is 19.0. The number of nitrogens with two attached hydrogens (primary N) is 1. The normalized spacial score (nSPS) is 12.1. The molecule has 0 aliphatic carbocycles. The quantitative estimate of drug-likeness (QED) is 0.284. The average molecular weight is 496 g/mol. The van der Waals surface area contributed by atoms with Crippen molar-refractivity contribution >= 4 is 23.3 Å². The second-order valence-electron chi connectivity index (χ2n) is 8.63. The molecule has 1 aliphatic rings. The van der Waals surface area contributed by atoms with E-state index in [4.69, 9.17) is 10.5 Å². The van der Waals surface area contributed by atoms with Crippen LogP contribution in [0.5, 0.6) is 0 Å². The molecule has 1 amide bonds. The first-order valence-corrected chi connectivity index (χ1v) is 11.6. The van der Waals surface area contributed by atoms with Crippen LogP contribution in [-0.2, 0) is 24.3 Å². The number of carbonyl (C=O) groups is 3. The van der Waals surface area contributed by atoms with Gasteiger partial charge in [-0.25, -0.2) is 9.18 Å². The molecule has 0 atom stereocenters. The molecule has 7 nitrogen and oxygen atoms in total. The highest BCUT2D eigenvalue weighted by molar-refractivity contribution is 6.05. The number of esters is 1. The molecule has 0 bridgehead atoms. The monoisotopic (exact) mass is 495 g/mol. The molecule has 0 unspecified atom stereocenters. The molecule has 8 heteroatoms. The van der Waals surface area contributed by atoms with Crippen LogP contribution in [0.3, 0.4) is 0 Å². The van der Waals surface area contributed by atoms with E-state index in [1.807, 2.05) is 6.07 Å². The van der Waals surface area contributed by atoms with Gasteiger partial charge in [0.15, 0.2) is 5.78 Å². The summed E-state index contributed by atoms with van der Waals surface area (Å²) in [6.45, 7) is 0.410. The van der Waals surface area contributed by atoms with Crippen LogP contribution in [0.15, 0.2) is 79.1 Å². The third-order valence-electron chi connectivity index (χ3n) is 6.24. The molecule has 0 fully saturated rings. The lowest BCUT2D eigenvalue weighted by Gasteiger charge is -2.13. The number of amides is 1. The van der Waals surface area contributed by atoms with Crippen molar-refractivity contribution in [3.05, 3.63) is 118 Å². The molecular formula is C29H22FN3O4. The van der Waals surface area contributed by atoms with Crippen molar-refractivity contribution in [1.82, 2.24) is 4.98 Å². The van der Waals surface area contributed by atoms with Gasteiger partial charge in [-0.15, -0.1) is 0 Å². The molecule has 3 N–H and O–H groups in total. The Morgan fingerprint density at radius 3 is 2.65 bits per heavy atom. The van der Waals surface area contributed by atoms with Crippen LogP contribution in [0.25, 0.3) is 11.1 Å². The molecule has 4 aromatic rings. The van der Waals surface area contributed by atoms with E-state index in [1.54, 1.807) is 54.6 Å². The number of Topliss-reactive ketones (excluding diaryl/α,β-unsaturated/α-hetero) is 1. The molecule has 37 heavy (non-hydrogen) atoms. The van der Waals surface area contributed by atoms with Crippen molar-refractivity contribution in [1.29, 1.82) is 0 Å². The lowest BCUT2D eigenvalue weighted by Crippen LogP contribution is -2.12. The molecule has 0 spiro atoms. The minimum atomic E-state index is -0.532. The molecule has 3 aromatic carbocycles. The Morgan fingerprint density at radius 1 is 0.973 bits per heavy atom. The summed E-state index contributed by atoms with van der Waals surface area (Å²) in [6.07, 6.45) is 2.43. The zero-order valence-corrected chi connectivity index (χ0v) is 19.7. The van der Waals surface area contributed by atoms with Gasteiger partial charge in [-0.3, -0.25) is 14.6 Å². The van der Waals surface area contributed by atoms with Gasteiger partial charge in [0, 0.05) is 41.5 Å². The first kappa shape index (κ1) is 24.0. The summed E-state index contributed by atoms with van der Waals surface area (Å²) in [4.78, 5) is 41.3. The number of fused-ring (bicyclic) bond motifs is 1. The molecule has 5 rings (SSSR count). The standard InChI is InChI=1S/C29H22FN3O4/c30-26-15-32-9-8-18(26)13-27(34)19-4-5-21(14-31)25(12-19)17-2-1-3-20(10-17)28(35)33-23-6-7-24-22(11-23)16-37-29(24)36/h1-12,15H,13-14,16,31H2,(H,33,35). The number of cyclic esters (lactones) is 1. The maximum Gasteiger partial charge on any atom is 0.338 e. The molecule has 0 saturated carbocycles. The van der Waals surface area contributed by atoms with Gasteiger partial charge in [0.2, 0.25) is 0 Å². The van der Waals surface area contributed by atoms with Gasteiger partial charge < -0.3 is 15.8 Å². The van der Waals surface area contributed by atoms with Crippen LogP contribution in [-0.4, -0.2) is 22.6 Å². The second kappa shape index (κ2) is 10.1. The lowest BCUT2D eigenvalue weighted by molar-refractivity contribution is 0.0534. The van der Waals surface area contributed by atoms with Gasteiger partial charge >= 0.3 is 5.97 Å². The number of hydrogen-bond acceptors (Lipinski definition) is 6. The van der Waals surface area contributed by atoms with E-state index in [1.165, 1.54) is 12.3 Å². The number of nitrogens with zero attached hydrogens (tertiary/aromatic N) is 1. The number of halogens is 1. The van der Waals surface area contributed by atoms with Gasteiger partial charge in [0.25, 0.3) is 5.91 Å². The Morgan fingerprint density at radius 2 is 1.84 bits per heavy atom. The number of carbonyl (C=O) groups excluding carboxylic acids is 3. The van der Waals surface area contributed by atoms with Gasteiger partial charge in [0.05, 0.1) is 11.8 Å². The smallest absolute Gasteiger partial charge is 0.338 e. The largest absolute Gasteiger partial charge is 0.457 e. The van der Waals surface area contributed by atoms with Crippen LogP contribution in [0.4, 0.5) is 10.1 Å². The van der Waals surface area contributed by atoms with Crippen molar-refractivity contribution in [2.75, 3.05) is 5.32 Å². The molecule has 1 aromatic heterocycles. The Balaban J connectivity index is 1.40. The summed E-state index contributed by atoms with van der Waals surface area (Å²) in [6, 6.07) is 18.6. The number of ketones is 1. The van der Waals surface area contributed by atoms with Crippen molar-refractivity contribution in [3.63, 3.8) is 0 Å². The number of aromatic nitrogens is 1. The van der Waals surface area contributed by atoms with E-state index >= 15 is 0 Å². The fourth-order valence-corrected chi connectivity index (χ4v) is 4.26. The maximum atomic E-state index is 14.0. The van der Waals surface area contributed by atoms with E-state index in [0.717, 1.165) is 17.3 Å². The van der Waals surface area contributed by atoms with Crippen molar-refractivity contribution < 1.29 is 23.5 Å². The van der Waals surface area contributed by atoms with E-state index in [2.05, 4.69) is 10.3 Å². The number of benzene rings is 3. The van der Waals surface area contributed by atoms with Crippen LogP contribution < -0.4 is 11.1 Å². The third-order valence-corrected chi connectivity index (χ3v) is 6.24. The summed E-state index contributed by atoms with van der Waals surface area (Å²) in [7, 11) is 0. The highest BCUT2D eigenvalue weighted by Gasteiger charge is 2.21. The van der Waals surface area contributed by atoms with Gasteiger partial charge in [-0.1, -0.05) is 24.3 Å². The zero-order chi connectivity index (χ0) is 25.9. The van der Waals surface area contributed by atoms with Gasteiger partial charge in [-0.05, 0) is 64.7 Å². The van der Waals surface area contributed by atoms with E-state index in [9.17, 15) is 18.8 Å². The summed E-state index contributed by atoms with van der Waals surface area (Å²) in [5.74, 6) is -1.48. The van der Waals surface area contributed by atoms with Crippen LogP contribution >= 0.6 is 0 Å². The predicted molar refractivity (Wildman–Crippen MR) is 136 cm³/mol. The number of nitrogens with one attached hydrogen (secondary N) is 1. The maximum absolute atomic E-state index is 14.0. The van der Waals surface area contributed by atoms with Crippen molar-refractivity contribution in [2.45, 2.75) is 19.6 Å². The third kappa shape index (κ3) is 5.00. The Kier molecular flexibility index (Phi) is 6.57. The lowest BCUT2D eigenvalue weighted by atomic mass is 9.93. The minimum absolute atomic E-state index is 0.102. The topological polar surface area (TPSA) is 111 Å². The number of ether oxygens (including phenoxy) is 1. The second-order valence-corrected chi connectivity index (χ2v) is 8.63. The molecule has 1 aliphatic heterocycles. The fraction of sp³-hybridized carbons (Fsp3) is 0.103. The van der Waals surface area contributed by atoms with Gasteiger partial charge in [0.1, 0.15) is 12.4 Å². The van der Waals surface area contributed by atoms with Crippen LogP contribution in [0.1, 0.15) is 47.8 Å².